The third-order valence-corrected chi connectivity index (χ3v) is 7.41. The topological polar surface area (TPSA) is 36.9 Å². The molecular weight excluding hydrogens is 484 g/mol. The van der Waals surface area contributed by atoms with E-state index < -0.39 is 0 Å². The maximum atomic E-state index is 6.33. The monoisotopic (exact) mass is 555 g/mol. The van der Waals surface area contributed by atoms with Crippen molar-refractivity contribution in [3.63, 3.8) is 0 Å². The van der Waals surface area contributed by atoms with Crippen LogP contribution in [0.5, 0.6) is 0 Å². The first-order valence-electron chi connectivity index (χ1n) is 17.5. The van der Waals surface area contributed by atoms with Crippen molar-refractivity contribution in [2.75, 3.05) is 26.6 Å². The zero-order valence-electron chi connectivity index (χ0n) is 27.1. The van der Waals surface area contributed by atoms with Crippen molar-refractivity contribution in [1.29, 1.82) is 0 Å². The molecule has 0 amide bonds. The molecule has 4 nitrogen and oxygen atoms in total. The van der Waals surface area contributed by atoms with Gasteiger partial charge in [0.1, 0.15) is 0 Å². The van der Waals surface area contributed by atoms with Crippen molar-refractivity contribution >= 4 is 0 Å². The predicted molar refractivity (Wildman–Crippen MR) is 169 cm³/mol. The molecule has 0 atom stereocenters. The molecule has 0 saturated heterocycles. The van der Waals surface area contributed by atoms with E-state index in [1.807, 2.05) is 0 Å². The van der Waals surface area contributed by atoms with E-state index in [0.29, 0.717) is 12.6 Å². The molecule has 0 spiro atoms. The van der Waals surface area contributed by atoms with Crippen LogP contribution < -0.4 is 0 Å². The van der Waals surface area contributed by atoms with Crippen LogP contribution in [0.4, 0.5) is 0 Å². The SMILES string of the molecule is CCCCCCCCCCOC(CCCCC)=C(OCCCCCCCCCC)OCOCCCCCCC. The molecule has 0 unspecified atom stereocenters. The summed E-state index contributed by atoms with van der Waals surface area (Å²) in [5.74, 6) is 1.48. The van der Waals surface area contributed by atoms with E-state index in [1.165, 1.54) is 128 Å². The first-order valence-corrected chi connectivity index (χ1v) is 17.5. The Morgan fingerprint density at radius 1 is 0.359 bits per heavy atom. The number of hydrogen-bond acceptors (Lipinski definition) is 4. The highest BCUT2D eigenvalue weighted by molar-refractivity contribution is 4.95. The standard InChI is InChI=1S/C35H70O4/c1-5-9-13-16-18-20-23-27-31-37-34(29-25-12-8-4)35(39-33-36-30-26-22-15-11-7-3)38-32-28-24-21-19-17-14-10-6-2/h5-33H2,1-4H3. The van der Waals surface area contributed by atoms with Gasteiger partial charge in [-0.2, -0.15) is 0 Å². The molecule has 39 heavy (non-hydrogen) atoms. The molecule has 0 aromatic rings. The molecule has 0 aliphatic carbocycles. The average Bonchev–Trinajstić information content (AvgIpc) is 2.95. The van der Waals surface area contributed by atoms with Gasteiger partial charge in [0.15, 0.2) is 12.6 Å². The fourth-order valence-corrected chi connectivity index (χ4v) is 4.77. The Bertz CT molecular complexity index is 491. The number of hydrogen-bond donors (Lipinski definition) is 0. The van der Waals surface area contributed by atoms with Gasteiger partial charge in [0.2, 0.25) is 0 Å². The highest BCUT2D eigenvalue weighted by Gasteiger charge is 2.13. The van der Waals surface area contributed by atoms with E-state index in [0.717, 1.165) is 51.1 Å². The molecule has 0 aromatic heterocycles. The zero-order valence-corrected chi connectivity index (χ0v) is 27.1. The molecule has 0 N–H and O–H groups in total. The lowest BCUT2D eigenvalue weighted by Gasteiger charge is -2.18. The van der Waals surface area contributed by atoms with Crippen molar-refractivity contribution in [3.05, 3.63) is 11.7 Å². The second kappa shape index (κ2) is 33.3. The van der Waals surface area contributed by atoms with Crippen molar-refractivity contribution < 1.29 is 18.9 Å². The van der Waals surface area contributed by atoms with Crippen LogP contribution in [0.15, 0.2) is 11.7 Å². The summed E-state index contributed by atoms with van der Waals surface area (Å²) in [5.41, 5.74) is 0. The van der Waals surface area contributed by atoms with Gasteiger partial charge in [-0.05, 0) is 25.7 Å². The third-order valence-electron chi connectivity index (χ3n) is 7.41. The lowest BCUT2D eigenvalue weighted by Crippen LogP contribution is -2.10. The molecule has 0 heterocycles. The number of rotatable bonds is 33. The van der Waals surface area contributed by atoms with Crippen molar-refractivity contribution in [2.45, 2.75) is 188 Å². The first kappa shape index (κ1) is 38.1. The van der Waals surface area contributed by atoms with Crippen molar-refractivity contribution in [1.82, 2.24) is 0 Å². The van der Waals surface area contributed by atoms with Gasteiger partial charge in [-0.25, -0.2) is 0 Å². The molecule has 4 heteroatoms. The molecule has 0 rings (SSSR count). The summed E-state index contributed by atoms with van der Waals surface area (Å²) in [7, 11) is 0. The molecule has 0 aliphatic heterocycles. The largest absolute Gasteiger partial charge is 0.491 e. The minimum Gasteiger partial charge on any atom is -0.491 e. The fourth-order valence-electron chi connectivity index (χ4n) is 4.77. The van der Waals surface area contributed by atoms with Crippen LogP contribution >= 0.6 is 0 Å². The number of ether oxygens (including phenoxy) is 4. The van der Waals surface area contributed by atoms with Gasteiger partial charge in [-0.15, -0.1) is 0 Å². The highest BCUT2D eigenvalue weighted by atomic mass is 16.7. The number of allylic oxidation sites excluding steroid dienone is 1. The minimum atomic E-state index is 0.249. The quantitative estimate of drug-likeness (QED) is 0.0459. The van der Waals surface area contributed by atoms with Crippen LogP contribution in [-0.2, 0) is 18.9 Å². The first-order chi connectivity index (χ1) is 19.3. The smallest absolute Gasteiger partial charge is 0.321 e. The lowest BCUT2D eigenvalue weighted by atomic mass is 10.1. The van der Waals surface area contributed by atoms with E-state index in [1.54, 1.807) is 0 Å². The summed E-state index contributed by atoms with van der Waals surface area (Å²) >= 11 is 0. The Morgan fingerprint density at radius 2 is 0.744 bits per heavy atom. The molecule has 0 aliphatic rings. The predicted octanol–water partition coefficient (Wildman–Crippen LogP) is 12.0. The van der Waals surface area contributed by atoms with E-state index >= 15 is 0 Å². The Kier molecular flexibility index (Phi) is 32.5. The maximum Gasteiger partial charge on any atom is 0.321 e. The second-order valence-electron chi connectivity index (χ2n) is 11.4. The summed E-state index contributed by atoms with van der Waals surface area (Å²) in [6, 6.07) is 0. The highest BCUT2D eigenvalue weighted by Crippen LogP contribution is 2.20. The molecule has 0 aromatic carbocycles. The summed E-state index contributed by atoms with van der Waals surface area (Å²) in [4.78, 5) is 0. The summed E-state index contributed by atoms with van der Waals surface area (Å²) in [6.07, 6.45) is 31.4. The van der Waals surface area contributed by atoms with Crippen LogP contribution in [0.25, 0.3) is 0 Å². The molecule has 0 saturated carbocycles. The zero-order chi connectivity index (χ0) is 28.5. The Hall–Kier alpha value is -0.900. The molecular formula is C35H70O4. The van der Waals surface area contributed by atoms with Crippen molar-refractivity contribution in [2.24, 2.45) is 0 Å². The average molecular weight is 555 g/mol. The van der Waals surface area contributed by atoms with E-state index in [2.05, 4.69) is 27.7 Å². The van der Waals surface area contributed by atoms with Gasteiger partial charge in [0, 0.05) is 6.42 Å². The summed E-state index contributed by atoms with van der Waals surface area (Å²) < 4.78 is 24.4. The maximum absolute atomic E-state index is 6.33. The molecule has 0 bridgehead atoms. The molecule has 0 radical (unpaired) electrons. The Balaban J connectivity index is 4.68. The summed E-state index contributed by atoms with van der Waals surface area (Å²) in [6.45, 7) is 11.5. The fraction of sp³-hybridized carbons (Fsp3) is 0.943. The third kappa shape index (κ3) is 28.4. The van der Waals surface area contributed by atoms with Gasteiger partial charge in [0.05, 0.1) is 19.8 Å². The lowest BCUT2D eigenvalue weighted by molar-refractivity contribution is -0.0846. The van der Waals surface area contributed by atoms with Crippen molar-refractivity contribution in [3.8, 4) is 0 Å². The van der Waals surface area contributed by atoms with E-state index in [4.69, 9.17) is 18.9 Å². The van der Waals surface area contributed by atoms with Gasteiger partial charge >= 0.3 is 5.95 Å². The van der Waals surface area contributed by atoms with Crippen LogP contribution in [0, 0.1) is 0 Å². The second-order valence-corrected chi connectivity index (χ2v) is 11.4. The van der Waals surface area contributed by atoms with E-state index in [-0.39, 0.29) is 6.79 Å². The van der Waals surface area contributed by atoms with Gasteiger partial charge in [0.25, 0.3) is 0 Å². The normalized spacial score (nSPS) is 12.0. The molecule has 0 fully saturated rings. The molecule has 234 valence electrons. The Morgan fingerprint density at radius 3 is 1.23 bits per heavy atom. The Labute approximate surface area is 245 Å². The van der Waals surface area contributed by atoms with Gasteiger partial charge < -0.3 is 18.9 Å². The van der Waals surface area contributed by atoms with Gasteiger partial charge in [-0.3, -0.25) is 0 Å². The van der Waals surface area contributed by atoms with Crippen LogP contribution in [0.1, 0.15) is 188 Å². The van der Waals surface area contributed by atoms with Gasteiger partial charge in [-0.1, -0.05) is 156 Å². The minimum absolute atomic E-state index is 0.249. The van der Waals surface area contributed by atoms with Crippen LogP contribution in [-0.4, -0.2) is 26.6 Å². The van der Waals surface area contributed by atoms with E-state index in [9.17, 15) is 0 Å². The number of unbranched alkanes of at least 4 members (excludes halogenated alkanes) is 20. The van der Waals surface area contributed by atoms with Crippen LogP contribution in [0.3, 0.4) is 0 Å². The summed E-state index contributed by atoms with van der Waals surface area (Å²) in [5, 5.41) is 0. The van der Waals surface area contributed by atoms with Crippen LogP contribution in [0.2, 0.25) is 0 Å².